The second kappa shape index (κ2) is 11.9. The zero-order valence-corrected chi connectivity index (χ0v) is 15.4. The van der Waals surface area contributed by atoms with E-state index in [0.29, 0.717) is 15.0 Å². The van der Waals surface area contributed by atoms with Crippen molar-refractivity contribution < 1.29 is 37.8 Å². The van der Waals surface area contributed by atoms with Crippen molar-refractivity contribution in [1.29, 1.82) is 0 Å². The molecule has 4 unspecified atom stereocenters. The molecule has 18 heavy (non-hydrogen) atoms. The van der Waals surface area contributed by atoms with Crippen LogP contribution in [-0.4, -0.2) is 24.3 Å². The summed E-state index contributed by atoms with van der Waals surface area (Å²) in [5.74, 6) is 0.0896. The standard InChI is InChI=1S/C12H20N2OP2.Y/c1-10(12(9-15)8-14-17-16)13-7-11-5-3-2-4-6-11;/h2-6,10,12-13,15,17H,1,7-9,16H2;/q-2;. The molecular weight excluding hydrogens is 339 g/mol. The van der Waals surface area contributed by atoms with Gasteiger partial charge >= 0.3 is 0 Å². The molecule has 0 bridgehead atoms. The molecule has 0 saturated carbocycles. The predicted molar refractivity (Wildman–Crippen MR) is 79.3 cm³/mol. The second-order valence-corrected chi connectivity index (χ2v) is 5.23. The number of hydrogen-bond acceptors (Lipinski definition) is 2. The third kappa shape index (κ3) is 7.60. The third-order valence-corrected chi connectivity index (χ3v) is 3.54. The van der Waals surface area contributed by atoms with Gasteiger partial charge in [-0.3, -0.25) is 0 Å². The number of aliphatic hydroxyl groups is 1. The van der Waals surface area contributed by atoms with E-state index in [2.05, 4.69) is 38.4 Å². The number of rotatable bonds is 8. The second-order valence-electron chi connectivity index (χ2n) is 3.89. The van der Waals surface area contributed by atoms with E-state index in [1.54, 1.807) is 0 Å². The van der Waals surface area contributed by atoms with Crippen LogP contribution >= 0.6 is 17.3 Å². The number of nitrogens with one attached hydrogen (secondary N) is 1. The van der Waals surface area contributed by atoms with E-state index in [1.807, 2.05) is 18.2 Å². The first-order valence-electron chi connectivity index (χ1n) is 5.61. The van der Waals surface area contributed by atoms with Gasteiger partial charge in [0.2, 0.25) is 0 Å². The van der Waals surface area contributed by atoms with Gasteiger partial charge in [0.05, 0.1) is 0 Å². The topological polar surface area (TPSA) is 46.4 Å². The van der Waals surface area contributed by atoms with Crippen LogP contribution in [0.1, 0.15) is 5.56 Å². The van der Waals surface area contributed by atoms with Crippen LogP contribution in [-0.2, 0) is 39.3 Å². The average Bonchev–Trinajstić information content (AvgIpc) is 2.38. The van der Waals surface area contributed by atoms with Crippen molar-refractivity contribution in [3.05, 3.63) is 47.9 Å². The van der Waals surface area contributed by atoms with Gasteiger partial charge in [-0.25, -0.2) is 8.42 Å². The maximum atomic E-state index is 9.28. The van der Waals surface area contributed by atoms with E-state index >= 15 is 0 Å². The van der Waals surface area contributed by atoms with E-state index in [0.717, 1.165) is 6.54 Å². The molecule has 0 amide bonds. The van der Waals surface area contributed by atoms with Crippen LogP contribution in [0.2, 0.25) is 0 Å². The zero-order valence-electron chi connectivity index (χ0n) is 10.4. The summed E-state index contributed by atoms with van der Waals surface area (Å²) in [4.78, 5) is 0. The molecular formula is C12H20N2OP2Y-2. The van der Waals surface area contributed by atoms with Crippen LogP contribution in [0, 0.1) is 12.8 Å². The molecule has 1 radical (unpaired) electrons. The van der Waals surface area contributed by atoms with Crippen molar-refractivity contribution in [2.45, 2.75) is 12.6 Å². The van der Waals surface area contributed by atoms with Crippen LogP contribution in [0.25, 0.3) is 5.09 Å². The molecule has 6 heteroatoms. The van der Waals surface area contributed by atoms with Crippen LogP contribution in [0.15, 0.2) is 30.3 Å². The Hall–Kier alpha value is 1.06. The van der Waals surface area contributed by atoms with Crippen LogP contribution < -0.4 is 5.32 Å². The largest absolute Gasteiger partial charge is 0.636 e. The van der Waals surface area contributed by atoms with E-state index in [-0.39, 0.29) is 51.3 Å². The molecule has 0 aliphatic rings. The van der Waals surface area contributed by atoms with Gasteiger partial charge in [-0.15, -0.1) is 21.5 Å². The molecule has 0 fully saturated rings. The number of aliphatic hydroxyl groups excluding tert-OH is 1. The SMILES string of the molecule is [CH2-]C(NCc1ccccc1)C(CO)C[N-]PP.[Y]. The van der Waals surface area contributed by atoms with Gasteiger partial charge in [-0.2, -0.15) is 0 Å². The molecule has 0 aliphatic carbocycles. The number of hydrogen-bond donors (Lipinski definition) is 2. The first-order chi connectivity index (χ1) is 8.27. The van der Waals surface area contributed by atoms with E-state index in [9.17, 15) is 5.11 Å². The summed E-state index contributed by atoms with van der Waals surface area (Å²) in [5, 5.41) is 16.9. The quantitative estimate of drug-likeness (QED) is 0.553. The minimum atomic E-state index is 0. The zero-order chi connectivity index (χ0) is 12.5. The molecule has 3 nitrogen and oxygen atoms in total. The summed E-state index contributed by atoms with van der Waals surface area (Å²) in [6.45, 7) is 5.60. The Labute approximate surface area is 139 Å². The smallest absolute Gasteiger partial charge is 0.0432 e. The van der Waals surface area contributed by atoms with Crippen molar-refractivity contribution in [3.8, 4) is 0 Å². The fourth-order valence-corrected chi connectivity index (χ4v) is 2.15. The summed E-state index contributed by atoms with van der Waals surface area (Å²) in [7, 11) is 3.08. The molecule has 0 spiro atoms. The summed E-state index contributed by atoms with van der Waals surface area (Å²) >= 11 is 0. The van der Waals surface area contributed by atoms with Crippen molar-refractivity contribution in [2.24, 2.45) is 5.92 Å². The molecule has 0 saturated heterocycles. The Morgan fingerprint density at radius 2 is 2.06 bits per heavy atom. The minimum Gasteiger partial charge on any atom is -0.636 e. The van der Waals surface area contributed by atoms with Crippen molar-refractivity contribution in [1.82, 2.24) is 5.32 Å². The Morgan fingerprint density at radius 3 is 2.61 bits per heavy atom. The van der Waals surface area contributed by atoms with Crippen LogP contribution in [0.4, 0.5) is 0 Å². The summed E-state index contributed by atoms with van der Waals surface area (Å²) in [6, 6.07) is 10.2. The molecule has 0 aromatic heterocycles. The van der Waals surface area contributed by atoms with Gasteiger partial charge in [0.25, 0.3) is 0 Å². The monoisotopic (exact) mass is 359 g/mol. The van der Waals surface area contributed by atoms with E-state index in [4.69, 9.17) is 0 Å². The molecule has 0 aliphatic heterocycles. The summed E-state index contributed by atoms with van der Waals surface area (Å²) in [6.07, 6.45) is 0. The molecule has 1 aromatic rings. The molecule has 99 valence electrons. The maximum Gasteiger partial charge on any atom is 0.0432 e. The minimum absolute atomic E-state index is 0. The Morgan fingerprint density at radius 1 is 1.39 bits per heavy atom. The Balaban J connectivity index is 0.00000289. The normalized spacial score (nSPS) is 14.4. The van der Waals surface area contributed by atoms with E-state index in [1.165, 1.54) is 5.56 Å². The molecule has 1 rings (SSSR count). The van der Waals surface area contributed by atoms with Crippen LogP contribution in [0.3, 0.4) is 0 Å². The molecule has 1 aromatic carbocycles. The van der Waals surface area contributed by atoms with Crippen LogP contribution in [0.5, 0.6) is 0 Å². The first-order valence-corrected chi connectivity index (χ1v) is 8.37. The van der Waals surface area contributed by atoms with Crippen molar-refractivity contribution >= 4 is 17.3 Å². The van der Waals surface area contributed by atoms with E-state index < -0.39 is 0 Å². The summed E-state index contributed by atoms with van der Waals surface area (Å²) < 4.78 is 0. The average molecular weight is 359 g/mol. The molecule has 0 heterocycles. The van der Waals surface area contributed by atoms with Gasteiger partial charge in [0.1, 0.15) is 0 Å². The third-order valence-electron chi connectivity index (χ3n) is 2.63. The molecule has 2 N–H and O–H groups in total. The van der Waals surface area contributed by atoms with Gasteiger partial charge in [0.15, 0.2) is 0 Å². The van der Waals surface area contributed by atoms with Crippen molar-refractivity contribution in [3.63, 3.8) is 0 Å². The Bertz CT molecular complexity index is 303. The Kier molecular flexibility index (Phi) is 12.6. The van der Waals surface area contributed by atoms with Gasteiger partial charge < -0.3 is 22.4 Å². The maximum absolute atomic E-state index is 9.28. The van der Waals surface area contributed by atoms with Gasteiger partial charge in [0, 0.05) is 45.9 Å². The van der Waals surface area contributed by atoms with Crippen molar-refractivity contribution in [2.75, 3.05) is 13.2 Å². The van der Waals surface area contributed by atoms with Gasteiger partial charge in [-0.05, 0) is 11.5 Å². The first kappa shape index (κ1) is 19.1. The number of benzene rings is 1. The predicted octanol–water partition coefficient (Wildman–Crippen LogP) is 2.34. The summed E-state index contributed by atoms with van der Waals surface area (Å²) in [5.41, 5.74) is 1.22. The molecule has 4 atom stereocenters. The fraction of sp³-hybridized carbons (Fsp3) is 0.417. The fourth-order valence-electron chi connectivity index (χ4n) is 1.49. The van der Waals surface area contributed by atoms with Gasteiger partial charge in [-0.1, -0.05) is 30.3 Å². The number of nitrogens with zero attached hydrogens (tertiary/aromatic N) is 1.